The molecule has 3 nitrogen and oxygen atoms in total. The first-order chi connectivity index (χ1) is 6.22. The quantitative estimate of drug-likeness (QED) is 0.412. The van der Waals surface area contributed by atoms with E-state index in [1.807, 2.05) is 0 Å². The molecule has 1 aliphatic carbocycles. The largest absolute Gasteiger partial charge is 0.294 e. The Balaban J connectivity index is 2.17. The van der Waals surface area contributed by atoms with Crippen LogP contribution in [0.4, 0.5) is 0 Å². The average Bonchev–Trinajstić information content (AvgIpc) is 2.14. The Bertz CT molecular complexity index is 175. The van der Waals surface area contributed by atoms with Crippen LogP contribution >= 0.6 is 11.8 Å². The zero-order chi connectivity index (χ0) is 9.68. The fourth-order valence-corrected chi connectivity index (χ4v) is 3.03. The zero-order valence-electron chi connectivity index (χ0n) is 8.08. The normalized spacial score (nSPS) is 28.5. The fourth-order valence-electron chi connectivity index (χ4n) is 1.77. The topological polar surface area (TPSA) is 55.1 Å². The Kier molecular flexibility index (Phi) is 4.59. The minimum absolute atomic E-state index is 0.0665. The molecule has 0 aromatic rings. The van der Waals surface area contributed by atoms with Crippen LogP contribution in [0.3, 0.4) is 0 Å². The van der Waals surface area contributed by atoms with Gasteiger partial charge in [0.25, 0.3) is 0 Å². The molecule has 0 aromatic carbocycles. The van der Waals surface area contributed by atoms with Gasteiger partial charge < -0.3 is 0 Å². The highest BCUT2D eigenvalue weighted by atomic mass is 32.2. The molecule has 1 saturated carbocycles. The number of carbonyl (C=O) groups is 1. The Hall–Kier alpha value is -0.220. The molecule has 0 aliphatic heterocycles. The van der Waals surface area contributed by atoms with Gasteiger partial charge in [0.15, 0.2) is 0 Å². The Morgan fingerprint density at radius 3 is 3.00 bits per heavy atom. The van der Waals surface area contributed by atoms with Crippen molar-refractivity contribution in [2.75, 3.05) is 5.75 Å². The summed E-state index contributed by atoms with van der Waals surface area (Å²) in [5, 5.41) is 0.668. The molecule has 1 fully saturated rings. The second kappa shape index (κ2) is 5.50. The highest BCUT2D eigenvalue weighted by Gasteiger charge is 2.19. The fraction of sp³-hybridized carbons (Fsp3) is 0.889. The maximum atomic E-state index is 10.9. The molecule has 3 N–H and O–H groups in total. The maximum Gasteiger partial charge on any atom is 0.243 e. The van der Waals surface area contributed by atoms with Crippen LogP contribution in [-0.4, -0.2) is 16.9 Å². The smallest absolute Gasteiger partial charge is 0.243 e. The number of rotatable bonds is 3. The first kappa shape index (κ1) is 10.9. The van der Waals surface area contributed by atoms with Gasteiger partial charge in [0.2, 0.25) is 5.91 Å². The minimum Gasteiger partial charge on any atom is -0.294 e. The van der Waals surface area contributed by atoms with Crippen LogP contribution in [-0.2, 0) is 4.79 Å². The number of carbonyl (C=O) groups excluding carboxylic acids is 1. The van der Waals surface area contributed by atoms with Gasteiger partial charge in [-0.15, -0.1) is 11.8 Å². The molecule has 2 unspecified atom stereocenters. The lowest BCUT2D eigenvalue weighted by Crippen LogP contribution is -2.32. The van der Waals surface area contributed by atoms with Crippen LogP contribution in [0.15, 0.2) is 0 Å². The summed E-state index contributed by atoms with van der Waals surface area (Å²) in [6, 6.07) is 0. The van der Waals surface area contributed by atoms with Gasteiger partial charge in [0, 0.05) is 5.25 Å². The highest BCUT2D eigenvalue weighted by molar-refractivity contribution is 8.00. The van der Waals surface area contributed by atoms with E-state index >= 15 is 0 Å². The van der Waals surface area contributed by atoms with Crippen LogP contribution in [0, 0.1) is 5.92 Å². The molecule has 0 radical (unpaired) electrons. The molecule has 1 amide bonds. The van der Waals surface area contributed by atoms with Crippen molar-refractivity contribution >= 4 is 17.7 Å². The summed E-state index contributed by atoms with van der Waals surface area (Å²) in [5.74, 6) is 6.27. The van der Waals surface area contributed by atoms with Crippen LogP contribution in [0.25, 0.3) is 0 Å². The van der Waals surface area contributed by atoms with Crippen LogP contribution < -0.4 is 11.3 Å². The standard InChI is InChI=1S/C9H18N2OS/c1-7-3-2-4-8(5-7)13-6-9(12)11-10/h7-8H,2-6,10H2,1H3,(H,11,12). The van der Waals surface area contributed by atoms with Crippen molar-refractivity contribution in [1.29, 1.82) is 0 Å². The van der Waals surface area contributed by atoms with Gasteiger partial charge >= 0.3 is 0 Å². The molecule has 0 spiro atoms. The first-order valence-electron chi connectivity index (χ1n) is 4.83. The number of nitrogens with two attached hydrogens (primary N) is 1. The molecule has 1 rings (SSSR count). The van der Waals surface area contributed by atoms with E-state index in [4.69, 9.17) is 5.84 Å². The highest BCUT2D eigenvalue weighted by Crippen LogP contribution is 2.31. The van der Waals surface area contributed by atoms with Gasteiger partial charge in [0.05, 0.1) is 5.75 Å². The maximum absolute atomic E-state index is 10.9. The van der Waals surface area contributed by atoms with Gasteiger partial charge in [-0.1, -0.05) is 19.8 Å². The zero-order valence-corrected chi connectivity index (χ0v) is 8.90. The van der Waals surface area contributed by atoms with Gasteiger partial charge in [-0.3, -0.25) is 10.2 Å². The summed E-state index contributed by atoms with van der Waals surface area (Å²) >= 11 is 1.74. The van der Waals surface area contributed by atoms with Gasteiger partial charge in [-0.2, -0.15) is 0 Å². The number of thioether (sulfide) groups is 1. The molecule has 13 heavy (non-hydrogen) atoms. The minimum atomic E-state index is -0.0665. The molecule has 0 saturated heterocycles. The lowest BCUT2D eigenvalue weighted by atomic mass is 9.91. The first-order valence-corrected chi connectivity index (χ1v) is 5.88. The molecule has 0 aromatic heterocycles. The van der Waals surface area contributed by atoms with E-state index in [0.29, 0.717) is 11.0 Å². The third-order valence-corrected chi connectivity index (χ3v) is 3.83. The van der Waals surface area contributed by atoms with Crippen molar-refractivity contribution in [2.24, 2.45) is 11.8 Å². The van der Waals surface area contributed by atoms with Crippen molar-refractivity contribution < 1.29 is 4.79 Å². The van der Waals surface area contributed by atoms with Crippen molar-refractivity contribution in [3.05, 3.63) is 0 Å². The summed E-state index contributed by atoms with van der Waals surface area (Å²) in [7, 11) is 0. The lowest BCUT2D eigenvalue weighted by Gasteiger charge is -2.25. The molecule has 1 aliphatic rings. The summed E-state index contributed by atoms with van der Waals surface area (Å²) in [6.07, 6.45) is 5.17. The number of hydrazine groups is 1. The van der Waals surface area contributed by atoms with Crippen molar-refractivity contribution in [3.63, 3.8) is 0 Å². The number of amides is 1. The van der Waals surface area contributed by atoms with Gasteiger partial charge in [-0.05, 0) is 18.8 Å². The second-order valence-electron chi connectivity index (χ2n) is 3.77. The van der Waals surface area contributed by atoms with E-state index in [0.717, 1.165) is 5.92 Å². The van der Waals surface area contributed by atoms with E-state index in [-0.39, 0.29) is 5.91 Å². The third-order valence-electron chi connectivity index (χ3n) is 2.50. The molecular weight excluding hydrogens is 184 g/mol. The molecule has 0 bridgehead atoms. The molecule has 4 heteroatoms. The van der Waals surface area contributed by atoms with Gasteiger partial charge in [0.1, 0.15) is 0 Å². The van der Waals surface area contributed by atoms with Crippen molar-refractivity contribution in [3.8, 4) is 0 Å². The molecular formula is C9H18N2OS. The van der Waals surface area contributed by atoms with Crippen LogP contribution in [0.2, 0.25) is 0 Å². The average molecular weight is 202 g/mol. The second-order valence-corrected chi connectivity index (χ2v) is 5.06. The Morgan fingerprint density at radius 1 is 1.62 bits per heavy atom. The van der Waals surface area contributed by atoms with E-state index < -0.39 is 0 Å². The van der Waals surface area contributed by atoms with Crippen molar-refractivity contribution in [1.82, 2.24) is 5.43 Å². The SMILES string of the molecule is CC1CCCC(SCC(=O)NN)C1. The van der Waals surface area contributed by atoms with Gasteiger partial charge in [-0.25, -0.2) is 5.84 Å². The Labute approximate surface area is 83.8 Å². The number of hydrogen-bond acceptors (Lipinski definition) is 3. The summed E-state index contributed by atoms with van der Waals surface area (Å²) in [4.78, 5) is 10.9. The summed E-state index contributed by atoms with van der Waals surface area (Å²) < 4.78 is 0. The van der Waals surface area contributed by atoms with Crippen LogP contribution in [0.5, 0.6) is 0 Å². The molecule has 76 valence electrons. The van der Waals surface area contributed by atoms with Crippen molar-refractivity contribution in [2.45, 2.75) is 37.9 Å². The predicted octanol–water partition coefficient (Wildman–Crippen LogP) is 1.29. The van der Waals surface area contributed by atoms with E-state index in [9.17, 15) is 4.79 Å². The number of nitrogens with one attached hydrogen (secondary N) is 1. The molecule has 0 heterocycles. The number of hydrogen-bond donors (Lipinski definition) is 2. The monoisotopic (exact) mass is 202 g/mol. The van der Waals surface area contributed by atoms with E-state index in [2.05, 4.69) is 12.3 Å². The summed E-state index contributed by atoms with van der Waals surface area (Å²) in [5.41, 5.74) is 2.16. The van der Waals surface area contributed by atoms with Crippen LogP contribution in [0.1, 0.15) is 32.6 Å². The van der Waals surface area contributed by atoms with E-state index in [1.165, 1.54) is 25.7 Å². The third kappa shape index (κ3) is 4.00. The summed E-state index contributed by atoms with van der Waals surface area (Å²) in [6.45, 7) is 2.29. The predicted molar refractivity (Wildman–Crippen MR) is 56.2 cm³/mol. The molecule has 2 atom stereocenters. The Morgan fingerprint density at radius 2 is 2.38 bits per heavy atom. The van der Waals surface area contributed by atoms with E-state index in [1.54, 1.807) is 11.8 Å². The lowest BCUT2D eigenvalue weighted by molar-refractivity contribution is -0.118.